The van der Waals surface area contributed by atoms with Gasteiger partial charge in [-0.05, 0) is 31.4 Å². The lowest BCUT2D eigenvalue weighted by molar-refractivity contribution is 0.346. The van der Waals surface area contributed by atoms with Crippen molar-refractivity contribution in [2.75, 3.05) is 19.6 Å². The van der Waals surface area contributed by atoms with Crippen LogP contribution in [0.2, 0.25) is 0 Å². The minimum Gasteiger partial charge on any atom is -0.370 e. The van der Waals surface area contributed by atoms with Crippen molar-refractivity contribution in [2.45, 2.75) is 37.6 Å². The number of rotatable bonds is 6. The fourth-order valence-electron chi connectivity index (χ4n) is 2.60. The highest BCUT2D eigenvalue weighted by molar-refractivity contribution is 14.0. The summed E-state index contributed by atoms with van der Waals surface area (Å²) in [6.45, 7) is 7.61. The Morgan fingerprint density at radius 1 is 1.28 bits per heavy atom. The van der Waals surface area contributed by atoms with E-state index in [1.165, 1.54) is 0 Å². The van der Waals surface area contributed by atoms with Crippen LogP contribution in [-0.4, -0.2) is 38.3 Å². The number of nitrogens with zero attached hydrogens (tertiary/aromatic N) is 2. The van der Waals surface area contributed by atoms with Gasteiger partial charge in [-0.2, -0.15) is 4.31 Å². The molecule has 1 saturated heterocycles. The molecule has 25 heavy (non-hydrogen) atoms. The highest BCUT2D eigenvalue weighted by Gasteiger charge is 2.27. The molecule has 140 valence electrons. The van der Waals surface area contributed by atoms with E-state index in [1.807, 2.05) is 13.0 Å². The minimum atomic E-state index is -3.48. The van der Waals surface area contributed by atoms with Crippen molar-refractivity contribution < 1.29 is 8.42 Å². The van der Waals surface area contributed by atoms with Crippen LogP contribution in [0, 0.1) is 0 Å². The minimum absolute atomic E-state index is 0. The summed E-state index contributed by atoms with van der Waals surface area (Å²) < 4.78 is 27.3. The van der Waals surface area contributed by atoms with Crippen LogP contribution in [0.25, 0.3) is 0 Å². The molecule has 0 unspecified atom stereocenters. The van der Waals surface area contributed by atoms with Crippen molar-refractivity contribution in [3.8, 4) is 0 Å². The number of piperidine rings is 1. The molecule has 0 aliphatic carbocycles. The lowest BCUT2D eigenvalue weighted by Crippen LogP contribution is -2.36. The molecular formula is C17H27IN4O2S. The first-order chi connectivity index (χ1) is 11.4. The number of hydrogen-bond donors (Lipinski definition) is 2. The second-order valence-electron chi connectivity index (χ2n) is 6.08. The van der Waals surface area contributed by atoms with E-state index in [4.69, 9.17) is 5.73 Å². The van der Waals surface area contributed by atoms with E-state index >= 15 is 0 Å². The summed E-state index contributed by atoms with van der Waals surface area (Å²) in [5, 5.41) is 2.94. The number of guanidine groups is 1. The van der Waals surface area contributed by atoms with Crippen molar-refractivity contribution >= 4 is 40.0 Å². The lowest BCUT2D eigenvalue weighted by Gasteiger charge is -2.26. The Labute approximate surface area is 167 Å². The summed E-state index contributed by atoms with van der Waals surface area (Å²) in [7, 11) is -3.48. The molecule has 1 aromatic rings. The third-order valence-corrected chi connectivity index (χ3v) is 5.90. The normalized spacial score (nSPS) is 16.1. The molecule has 1 fully saturated rings. The van der Waals surface area contributed by atoms with Crippen molar-refractivity contribution in [2.24, 2.45) is 10.7 Å². The fourth-order valence-corrected chi connectivity index (χ4v) is 4.33. The van der Waals surface area contributed by atoms with Gasteiger partial charge in [0.05, 0.1) is 11.4 Å². The van der Waals surface area contributed by atoms with E-state index in [1.54, 1.807) is 22.5 Å². The van der Waals surface area contributed by atoms with Crippen LogP contribution >= 0.6 is 24.0 Å². The number of aliphatic imine (C=N–C) groups is 1. The van der Waals surface area contributed by atoms with Gasteiger partial charge >= 0.3 is 0 Å². The summed E-state index contributed by atoms with van der Waals surface area (Å²) in [5.74, 6) is 0.281. The van der Waals surface area contributed by atoms with Crippen LogP contribution < -0.4 is 11.1 Å². The van der Waals surface area contributed by atoms with Crippen LogP contribution in [0.3, 0.4) is 0 Å². The Balaban J connectivity index is 0.00000312. The molecule has 0 atom stereocenters. The third kappa shape index (κ3) is 6.27. The molecule has 0 saturated carbocycles. The average molecular weight is 478 g/mol. The van der Waals surface area contributed by atoms with Crippen LogP contribution in [0.5, 0.6) is 0 Å². The van der Waals surface area contributed by atoms with E-state index in [0.29, 0.717) is 30.1 Å². The first kappa shape index (κ1) is 21.9. The molecule has 6 nitrogen and oxygen atoms in total. The maximum absolute atomic E-state index is 12.9. The molecule has 1 aromatic carbocycles. The zero-order chi connectivity index (χ0) is 17.6. The number of halogens is 1. The van der Waals surface area contributed by atoms with Gasteiger partial charge in [-0.1, -0.05) is 36.8 Å². The van der Waals surface area contributed by atoms with Gasteiger partial charge in [-0.15, -0.1) is 24.0 Å². The standard InChI is InChI=1S/C17H26N4O2S.HI/c1-14(2)12-19-17(18)20-13-15-8-4-5-9-16(15)24(22,23)21-10-6-3-7-11-21;/h4-5,8-9H,1,3,6-7,10-13H2,2H3,(H3,18,19,20);1H. The van der Waals surface area contributed by atoms with Crippen LogP contribution in [0.1, 0.15) is 31.7 Å². The molecule has 8 heteroatoms. The topological polar surface area (TPSA) is 87.8 Å². The van der Waals surface area contributed by atoms with Gasteiger partial charge < -0.3 is 11.1 Å². The molecule has 0 bridgehead atoms. The predicted molar refractivity (Wildman–Crippen MR) is 113 cm³/mol. The second kappa shape index (κ2) is 10.1. The van der Waals surface area contributed by atoms with Gasteiger partial charge in [0, 0.05) is 19.6 Å². The van der Waals surface area contributed by atoms with Gasteiger partial charge in [0.25, 0.3) is 0 Å². The quantitative estimate of drug-likeness (QED) is 0.285. The van der Waals surface area contributed by atoms with Crippen molar-refractivity contribution in [1.29, 1.82) is 0 Å². The zero-order valence-corrected chi connectivity index (χ0v) is 17.7. The largest absolute Gasteiger partial charge is 0.370 e. The highest BCUT2D eigenvalue weighted by atomic mass is 127. The maximum Gasteiger partial charge on any atom is 0.243 e. The average Bonchev–Trinajstić information content (AvgIpc) is 2.59. The van der Waals surface area contributed by atoms with Gasteiger partial charge in [0.15, 0.2) is 5.96 Å². The zero-order valence-electron chi connectivity index (χ0n) is 14.6. The van der Waals surface area contributed by atoms with E-state index in [2.05, 4.69) is 16.9 Å². The van der Waals surface area contributed by atoms with Gasteiger partial charge in [-0.25, -0.2) is 13.4 Å². The smallest absolute Gasteiger partial charge is 0.243 e. The second-order valence-corrected chi connectivity index (χ2v) is 7.99. The Bertz CT molecular complexity index is 713. The molecule has 1 heterocycles. The van der Waals surface area contributed by atoms with Crippen molar-refractivity contribution in [3.63, 3.8) is 0 Å². The SMILES string of the molecule is C=C(C)CNC(N)=NCc1ccccc1S(=O)(=O)N1CCCCC1.I. The number of nitrogens with two attached hydrogens (primary N) is 1. The summed E-state index contributed by atoms with van der Waals surface area (Å²) in [5.41, 5.74) is 7.41. The molecular weight excluding hydrogens is 451 g/mol. The van der Waals surface area contributed by atoms with E-state index < -0.39 is 10.0 Å². The number of sulfonamides is 1. The lowest BCUT2D eigenvalue weighted by atomic mass is 10.2. The molecule has 1 aliphatic rings. The molecule has 0 radical (unpaired) electrons. The number of nitrogens with one attached hydrogen (secondary N) is 1. The Hall–Kier alpha value is -1.13. The third-order valence-electron chi connectivity index (χ3n) is 3.90. The van der Waals surface area contributed by atoms with E-state index in [-0.39, 0.29) is 36.5 Å². The summed E-state index contributed by atoms with van der Waals surface area (Å²) in [6, 6.07) is 6.99. The van der Waals surface area contributed by atoms with Crippen LogP contribution in [0.4, 0.5) is 0 Å². The first-order valence-electron chi connectivity index (χ1n) is 8.17. The molecule has 3 N–H and O–H groups in total. The van der Waals surface area contributed by atoms with Gasteiger partial charge in [0.2, 0.25) is 10.0 Å². The number of benzene rings is 1. The fraction of sp³-hybridized carbons (Fsp3) is 0.471. The van der Waals surface area contributed by atoms with Crippen molar-refractivity contribution in [1.82, 2.24) is 9.62 Å². The first-order valence-corrected chi connectivity index (χ1v) is 9.61. The van der Waals surface area contributed by atoms with Crippen LogP contribution in [0.15, 0.2) is 46.3 Å². The molecule has 0 spiro atoms. The Morgan fingerprint density at radius 3 is 2.56 bits per heavy atom. The molecule has 0 amide bonds. The number of hydrogen-bond acceptors (Lipinski definition) is 3. The van der Waals surface area contributed by atoms with Crippen LogP contribution in [-0.2, 0) is 16.6 Å². The van der Waals surface area contributed by atoms with Gasteiger partial charge in [-0.3, -0.25) is 0 Å². The predicted octanol–water partition coefficient (Wildman–Crippen LogP) is 2.46. The highest BCUT2D eigenvalue weighted by Crippen LogP contribution is 2.24. The summed E-state index contributed by atoms with van der Waals surface area (Å²) in [4.78, 5) is 4.57. The maximum atomic E-state index is 12.9. The Morgan fingerprint density at radius 2 is 1.92 bits per heavy atom. The van der Waals surface area contributed by atoms with E-state index in [0.717, 1.165) is 24.8 Å². The molecule has 1 aliphatic heterocycles. The van der Waals surface area contributed by atoms with Crippen molar-refractivity contribution in [3.05, 3.63) is 42.0 Å². The van der Waals surface area contributed by atoms with Gasteiger partial charge in [0.1, 0.15) is 0 Å². The summed E-state index contributed by atoms with van der Waals surface area (Å²) >= 11 is 0. The molecule has 2 rings (SSSR count). The monoisotopic (exact) mass is 478 g/mol. The summed E-state index contributed by atoms with van der Waals surface area (Å²) in [6.07, 6.45) is 2.91. The van der Waals surface area contributed by atoms with E-state index in [9.17, 15) is 8.42 Å². The molecule has 0 aromatic heterocycles. The Kier molecular flexibility index (Phi) is 8.87.